The lowest BCUT2D eigenvalue weighted by atomic mass is 10.1. The SMILES string of the molecule is CC[SiH](CC)CCc1cccc(C(F)(F)F)c1. The lowest BCUT2D eigenvalue weighted by molar-refractivity contribution is -0.137. The predicted octanol–water partition coefficient (Wildman–Crippen LogP) is 4.51. The van der Waals surface area contributed by atoms with Crippen LogP contribution in [0.4, 0.5) is 13.2 Å². The number of halogens is 3. The van der Waals surface area contributed by atoms with Crippen molar-refractivity contribution in [3.63, 3.8) is 0 Å². The molecule has 0 unspecified atom stereocenters. The van der Waals surface area contributed by atoms with Crippen LogP contribution in [0.3, 0.4) is 0 Å². The van der Waals surface area contributed by atoms with Crippen LogP contribution in [0.1, 0.15) is 25.0 Å². The average molecular weight is 260 g/mol. The molecule has 0 radical (unpaired) electrons. The number of aryl methyl sites for hydroxylation is 1. The standard InChI is InChI=1S/C13H19F3Si/c1-3-17(4-2)9-8-11-6-5-7-12(10-11)13(14,15)16/h5-7,10,17H,3-4,8-9H2,1-2H3. The fraction of sp³-hybridized carbons (Fsp3) is 0.538. The molecule has 0 fully saturated rings. The van der Waals surface area contributed by atoms with Crippen LogP contribution in [-0.2, 0) is 12.6 Å². The Morgan fingerprint density at radius 2 is 1.76 bits per heavy atom. The Hall–Kier alpha value is -0.773. The summed E-state index contributed by atoms with van der Waals surface area (Å²) in [4.78, 5) is 0. The Kier molecular flexibility index (Phi) is 5.24. The number of hydrogen-bond acceptors (Lipinski definition) is 0. The Morgan fingerprint density at radius 3 is 2.29 bits per heavy atom. The highest BCUT2D eigenvalue weighted by Gasteiger charge is 2.30. The minimum atomic E-state index is -4.22. The minimum Gasteiger partial charge on any atom is -0.166 e. The van der Waals surface area contributed by atoms with Crippen molar-refractivity contribution in [2.75, 3.05) is 0 Å². The van der Waals surface area contributed by atoms with Gasteiger partial charge in [-0.2, -0.15) is 13.2 Å². The van der Waals surface area contributed by atoms with Crippen LogP contribution in [0.25, 0.3) is 0 Å². The Bertz CT molecular complexity index is 343. The molecule has 0 N–H and O–H groups in total. The lowest BCUT2D eigenvalue weighted by Gasteiger charge is -2.12. The molecule has 1 aromatic carbocycles. The maximum Gasteiger partial charge on any atom is 0.416 e. The van der Waals surface area contributed by atoms with Gasteiger partial charge in [0.2, 0.25) is 0 Å². The first-order valence-corrected chi connectivity index (χ1v) is 8.58. The van der Waals surface area contributed by atoms with Gasteiger partial charge in [-0.3, -0.25) is 0 Å². The third-order valence-corrected chi connectivity index (χ3v) is 6.66. The average Bonchev–Trinajstić information content (AvgIpc) is 2.30. The topological polar surface area (TPSA) is 0 Å². The van der Waals surface area contributed by atoms with Crippen LogP contribution in [0.15, 0.2) is 24.3 Å². The highest BCUT2D eigenvalue weighted by Crippen LogP contribution is 2.29. The van der Waals surface area contributed by atoms with Crippen molar-refractivity contribution >= 4 is 8.80 Å². The zero-order valence-corrected chi connectivity index (χ0v) is 11.5. The second-order valence-electron chi connectivity index (χ2n) is 4.42. The molecule has 0 nitrogen and oxygen atoms in total. The van der Waals surface area contributed by atoms with Gasteiger partial charge in [0, 0.05) is 8.80 Å². The second kappa shape index (κ2) is 6.24. The maximum atomic E-state index is 12.5. The summed E-state index contributed by atoms with van der Waals surface area (Å²) in [6.07, 6.45) is -3.43. The normalized spacial score (nSPS) is 12.1. The first-order chi connectivity index (χ1) is 7.97. The van der Waals surface area contributed by atoms with Crippen molar-refractivity contribution in [1.82, 2.24) is 0 Å². The van der Waals surface area contributed by atoms with E-state index >= 15 is 0 Å². The predicted molar refractivity (Wildman–Crippen MR) is 68.1 cm³/mol. The van der Waals surface area contributed by atoms with E-state index in [9.17, 15) is 13.2 Å². The molecular weight excluding hydrogens is 241 g/mol. The van der Waals surface area contributed by atoms with E-state index in [2.05, 4.69) is 13.8 Å². The smallest absolute Gasteiger partial charge is 0.166 e. The van der Waals surface area contributed by atoms with Crippen LogP contribution in [-0.4, -0.2) is 8.80 Å². The van der Waals surface area contributed by atoms with Gasteiger partial charge < -0.3 is 0 Å². The summed E-state index contributed by atoms with van der Waals surface area (Å²) in [7, 11) is -0.701. The van der Waals surface area contributed by atoms with Gasteiger partial charge in [0.15, 0.2) is 0 Å². The van der Waals surface area contributed by atoms with Gasteiger partial charge in [0.25, 0.3) is 0 Å². The van der Waals surface area contributed by atoms with E-state index in [1.165, 1.54) is 24.2 Å². The first kappa shape index (κ1) is 14.3. The molecule has 17 heavy (non-hydrogen) atoms. The van der Waals surface area contributed by atoms with Crippen molar-refractivity contribution < 1.29 is 13.2 Å². The van der Waals surface area contributed by atoms with Crippen molar-refractivity contribution in [3.05, 3.63) is 35.4 Å². The maximum absolute atomic E-state index is 12.5. The van der Waals surface area contributed by atoms with Crippen LogP contribution in [0.5, 0.6) is 0 Å². The van der Waals surface area contributed by atoms with Gasteiger partial charge in [-0.15, -0.1) is 0 Å². The quantitative estimate of drug-likeness (QED) is 0.683. The number of alkyl halides is 3. The molecule has 0 amide bonds. The van der Waals surface area contributed by atoms with E-state index in [0.717, 1.165) is 24.1 Å². The summed E-state index contributed by atoms with van der Waals surface area (Å²) in [5.41, 5.74) is 0.292. The molecule has 0 aromatic heterocycles. The molecule has 0 saturated heterocycles. The van der Waals surface area contributed by atoms with Gasteiger partial charge in [-0.05, 0) is 18.1 Å². The monoisotopic (exact) mass is 260 g/mol. The molecule has 0 heterocycles. The Morgan fingerprint density at radius 1 is 1.12 bits per heavy atom. The highest BCUT2D eigenvalue weighted by atomic mass is 28.3. The summed E-state index contributed by atoms with van der Waals surface area (Å²) >= 11 is 0. The summed E-state index contributed by atoms with van der Waals surface area (Å²) < 4.78 is 37.5. The molecular formula is C13H19F3Si. The zero-order chi connectivity index (χ0) is 12.9. The summed E-state index contributed by atoms with van der Waals surface area (Å²) in [5, 5.41) is 0. The molecule has 4 heteroatoms. The van der Waals surface area contributed by atoms with E-state index in [-0.39, 0.29) is 0 Å². The van der Waals surface area contributed by atoms with Crippen molar-refractivity contribution in [3.8, 4) is 0 Å². The summed E-state index contributed by atoms with van der Waals surface area (Å²) in [5.74, 6) is 0. The molecule has 0 bridgehead atoms. The largest absolute Gasteiger partial charge is 0.416 e. The molecule has 1 rings (SSSR count). The number of benzene rings is 1. The van der Waals surface area contributed by atoms with Gasteiger partial charge in [-0.25, -0.2) is 0 Å². The summed E-state index contributed by atoms with van der Waals surface area (Å²) in [6.45, 7) is 4.37. The zero-order valence-electron chi connectivity index (χ0n) is 10.3. The first-order valence-electron chi connectivity index (χ1n) is 6.13. The van der Waals surface area contributed by atoms with Crippen LogP contribution in [0.2, 0.25) is 18.1 Å². The van der Waals surface area contributed by atoms with Crippen LogP contribution < -0.4 is 0 Å². The van der Waals surface area contributed by atoms with Crippen molar-refractivity contribution in [2.24, 2.45) is 0 Å². The Labute approximate surface area is 102 Å². The Balaban J connectivity index is 2.66. The van der Waals surface area contributed by atoms with E-state index in [1.807, 2.05) is 0 Å². The highest BCUT2D eigenvalue weighted by molar-refractivity contribution is 6.58. The van der Waals surface area contributed by atoms with Crippen LogP contribution >= 0.6 is 0 Å². The second-order valence-corrected chi connectivity index (χ2v) is 8.36. The van der Waals surface area contributed by atoms with E-state index in [1.54, 1.807) is 6.07 Å². The lowest BCUT2D eigenvalue weighted by Crippen LogP contribution is -2.10. The van der Waals surface area contributed by atoms with Gasteiger partial charge >= 0.3 is 6.18 Å². The molecule has 0 aliphatic carbocycles. The molecule has 0 saturated carbocycles. The van der Waals surface area contributed by atoms with E-state index < -0.39 is 20.5 Å². The fourth-order valence-corrected chi connectivity index (χ4v) is 4.11. The molecule has 0 spiro atoms. The van der Waals surface area contributed by atoms with Gasteiger partial charge in [0.05, 0.1) is 5.56 Å². The summed E-state index contributed by atoms with van der Waals surface area (Å²) in [6, 6.07) is 9.30. The van der Waals surface area contributed by atoms with Gasteiger partial charge in [-0.1, -0.05) is 50.2 Å². The molecule has 0 atom stereocenters. The molecule has 0 aliphatic heterocycles. The van der Waals surface area contributed by atoms with Crippen molar-refractivity contribution in [1.29, 1.82) is 0 Å². The number of hydrogen-bond donors (Lipinski definition) is 0. The van der Waals surface area contributed by atoms with Crippen LogP contribution in [0, 0.1) is 0 Å². The molecule has 0 aliphatic rings. The number of rotatable bonds is 5. The molecule has 1 aromatic rings. The third-order valence-electron chi connectivity index (χ3n) is 3.25. The molecule has 96 valence electrons. The van der Waals surface area contributed by atoms with Crippen molar-refractivity contribution in [2.45, 2.75) is 44.6 Å². The fourth-order valence-electron chi connectivity index (χ4n) is 1.97. The minimum absolute atomic E-state index is 0.527. The third kappa shape index (κ3) is 4.54. The van der Waals surface area contributed by atoms with E-state index in [0.29, 0.717) is 0 Å². The van der Waals surface area contributed by atoms with E-state index in [4.69, 9.17) is 0 Å². The van der Waals surface area contributed by atoms with Gasteiger partial charge in [0.1, 0.15) is 0 Å².